The van der Waals surface area contributed by atoms with Crippen LogP contribution in [-0.2, 0) is 4.79 Å². The standard InChI is InChI=1S/C17H20N2O2/c1-3-11(2)15(16(18)20)19-17(21)14-9-8-12-6-4-5-7-13(12)10-14/h4-11,15H,3H2,1-2H3,(H2,18,20)(H,19,21)/t11-,15+/m0/s1. The first-order chi connectivity index (χ1) is 10.0. The van der Waals surface area contributed by atoms with E-state index < -0.39 is 11.9 Å². The normalized spacial score (nSPS) is 13.6. The lowest BCUT2D eigenvalue weighted by atomic mass is 9.98. The molecular weight excluding hydrogens is 264 g/mol. The molecule has 0 bridgehead atoms. The van der Waals surface area contributed by atoms with Gasteiger partial charge in [0.25, 0.3) is 5.91 Å². The smallest absolute Gasteiger partial charge is 0.251 e. The van der Waals surface area contributed by atoms with E-state index in [0.29, 0.717) is 5.56 Å². The minimum atomic E-state index is -0.644. The molecule has 0 aliphatic rings. The molecule has 0 saturated carbocycles. The van der Waals surface area contributed by atoms with Crippen molar-refractivity contribution < 1.29 is 9.59 Å². The molecule has 0 aromatic heterocycles. The number of nitrogens with two attached hydrogens (primary N) is 1. The average molecular weight is 284 g/mol. The first kappa shape index (κ1) is 15.0. The van der Waals surface area contributed by atoms with Crippen molar-refractivity contribution in [2.45, 2.75) is 26.3 Å². The fourth-order valence-electron chi connectivity index (χ4n) is 2.28. The molecule has 3 N–H and O–H groups in total. The number of nitrogens with one attached hydrogen (secondary N) is 1. The van der Waals surface area contributed by atoms with Crippen molar-refractivity contribution in [2.75, 3.05) is 0 Å². The van der Waals surface area contributed by atoms with Crippen LogP contribution in [-0.4, -0.2) is 17.9 Å². The molecule has 2 aromatic rings. The number of carbonyl (C=O) groups excluding carboxylic acids is 2. The highest BCUT2D eigenvalue weighted by atomic mass is 16.2. The Morgan fingerprint density at radius 1 is 1.14 bits per heavy atom. The van der Waals surface area contributed by atoms with Gasteiger partial charge in [-0.1, -0.05) is 50.6 Å². The van der Waals surface area contributed by atoms with Crippen molar-refractivity contribution in [3.8, 4) is 0 Å². The van der Waals surface area contributed by atoms with Gasteiger partial charge in [-0.15, -0.1) is 0 Å². The van der Waals surface area contributed by atoms with Crippen molar-refractivity contribution >= 4 is 22.6 Å². The Balaban J connectivity index is 2.23. The Morgan fingerprint density at radius 2 is 1.81 bits per heavy atom. The average Bonchev–Trinajstić information content (AvgIpc) is 2.50. The summed E-state index contributed by atoms with van der Waals surface area (Å²) in [6.07, 6.45) is 0.769. The Hall–Kier alpha value is -2.36. The monoisotopic (exact) mass is 284 g/mol. The van der Waals surface area contributed by atoms with Gasteiger partial charge in [0.15, 0.2) is 0 Å². The molecule has 4 nitrogen and oxygen atoms in total. The molecular formula is C17H20N2O2. The molecule has 4 heteroatoms. The number of hydrogen-bond donors (Lipinski definition) is 2. The zero-order chi connectivity index (χ0) is 15.4. The van der Waals surface area contributed by atoms with Crippen LogP contribution >= 0.6 is 0 Å². The van der Waals surface area contributed by atoms with Crippen LogP contribution in [0.2, 0.25) is 0 Å². The number of primary amides is 1. The summed E-state index contributed by atoms with van der Waals surface area (Å²) in [5.41, 5.74) is 5.91. The number of amides is 2. The largest absolute Gasteiger partial charge is 0.368 e. The highest BCUT2D eigenvalue weighted by Crippen LogP contribution is 2.16. The quantitative estimate of drug-likeness (QED) is 0.885. The fraction of sp³-hybridized carbons (Fsp3) is 0.294. The number of rotatable bonds is 5. The highest BCUT2D eigenvalue weighted by molar-refractivity contribution is 6.00. The molecule has 21 heavy (non-hydrogen) atoms. The summed E-state index contributed by atoms with van der Waals surface area (Å²) in [5.74, 6) is -0.768. The third-order valence-corrected chi connectivity index (χ3v) is 3.82. The molecule has 0 unspecified atom stereocenters. The second-order valence-corrected chi connectivity index (χ2v) is 5.30. The van der Waals surface area contributed by atoms with E-state index in [2.05, 4.69) is 5.32 Å². The van der Waals surface area contributed by atoms with Crippen LogP contribution < -0.4 is 11.1 Å². The molecule has 2 atom stereocenters. The van der Waals surface area contributed by atoms with Crippen LogP contribution in [0.15, 0.2) is 42.5 Å². The van der Waals surface area contributed by atoms with Crippen LogP contribution in [0.3, 0.4) is 0 Å². The maximum Gasteiger partial charge on any atom is 0.251 e. The highest BCUT2D eigenvalue weighted by Gasteiger charge is 2.24. The maximum atomic E-state index is 12.3. The SMILES string of the molecule is CC[C@H](C)[C@@H](NC(=O)c1ccc2ccccc2c1)C(N)=O. The lowest BCUT2D eigenvalue weighted by Crippen LogP contribution is -2.48. The van der Waals surface area contributed by atoms with Gasteiger partial charge in [-0.05, 0) is 28.8 Å². The van der Waals surface area contributed by atoms with E-state index in [1.54, 1.807) is 6.07 Å². The molecule has 0 fully saturated rings. The first-order valence-electron chi connectivity index (χ1n) is 7.12. The maximum absolute atomic E-state index is 12.3. The Bertz CT molecular complexity index is 667. The second-order valence-electron chi connectivity index (χ2n) is 5.30. The van der Waals surface area contributed by atoms with Crippen LogP contribution in [0, 0.1) is 5.92 Å². The lowest BCUT2D eigenvalue weighted by molar-refractivity contribution is -0.120. The third kappa shape index (κ3) is 3.40. The number of benzene rings is 2. The molecule has 2 amide bonds. The molecule has 0 aliphatic heterocycles. The summed E-state index contributed by atoms with van der Waals surface area (Å²) >= 11 is 0. The Kier molecular flexibility index (Phi) is 4.58. The van der Waals surface area contributed by atoms with Gasteiger partial charge in [0.05, 0.1) is 0 Å². The number of carbonyl (C=O) groups is 2. The van der Waals surface area contributed by atoms with Gasteiger partial charge < -0.3 is 11.1 Å². The van der Waals surface area contributed by atoms with E-state index in [9.17, 15) is 9.59 Å². The predicted octanol–water partition coefficient (Wildman–Crippen LogP) is 2.47. The van der Waals surface area contributed by atoms with Gasteiger partial charge in [-0.25, -0.2) is 0 Å². The molecule has 2 aromatic carbocycles. The summed E-state index contributed by atoms with van der Waals surface area (Å²) in [4.78, 5) is 23.8. The van der Waals surface area contributed by atoms with Crippen molar-refractivity contribution in [1.82, 2.24) is 5.32 Å². The first-order valence-corrected chi connectivity index (χ1v) is 7.12. The van der Waals surface area contributed by atoms with Crippen LogP contribution in [0.5, 0.6) is 0 Å². The van der Waals surface area contributed by atoms with E-state index in [1.807, 2.05) is 50.2 Å². The van der Waals surface area contributed by atoms with Crippen molar-refractivity contribution in [1.29, 1.82) is 0 Å². The van der Waals surface area contributed by atoms with Crippen molar-refractivity contribution in [3.05, 3.63) is 48.0 Å². The number of hydrogen-bond acceptors (Lipinski definition) is 2. The van der Waals surface area contributed by atoms with Gasteiger partial charge >= 0.3 is 0 Å². The van der Waals surface area contributed by atoms with Gasteiger partial charge in [0.2, 0.25) is 5.91 Å². The lowest BCUT2D eigenvalue weighted by Gasteiger charge is -2.21. The molecule has 0 saturated heterocycles. The van der Waals surface area contributed by atoms with Crippen molar-refractivity contribution in [2.24, 2.45) is 11.7 Å². The van der Waals surface area contributed by atoms with E-state index >= 15 is 0 Å². The summed E-state index contributed by atoms with van der Waals surface area (Å²) in [6.45, 7) is 3.86. The zero-order valence-electron chi connectivity index (χ0n) is 12.3. The van der Waals surface area contributed by atoms with Gasteiger partial charge in [-0.2, -0.15) is 0 Å². The summed E-state index contributed by atoms with van der Waals surface area (Å²) < 4.78 is 0. The molecule has 0 spiro atoms. The number of fused-ring (bicyclic) bond motifs is 1. The molecule has 0 heterocycles. The minimum Gasteiger partial charge on any atom is -0.368 e. The Morgan fingerprint density at radius 3 is 2.43 bits per heavy atom. The zero-order valence-corrected chi connectivity index (χ0v) is 12.3. The van der Waals surface area contributed by atoms with Gasteiger partial charge in [0, 0.05) is 5.56 Å². The summed E-state index contributed by atoms with van der Waals surface area (Å²) in [5, 5.41) is 4.80. The molecule has 0 aliphatic carbocycles. The van der Waals surface area contributed by atoms with E-state index in [0.717, 1.165) is 17.2 Å². The van der Waals surface area contributed by atoms with Gasteiger partial charge in [0.1, 0.15) is 6.04 Å². The van der Waals surface area contributed by atoms with Gasteiger partial charge in [-0.3, -0.25) is 9.59 Å². The second kappa shape index (κ2) is 6.39. The van der Waals surface area contributed by atoms with Crippen LogP contribution in [0.1, 0.15) is 30.6 Å². The fourth-order valence-corrected chi connectivity index (χ4v) is 2.28. The third-order valence-electron chi connectivity index (χ3n) is 3.82. The van der Waals surface area contributed by atoms with Crippen LogP contribution in [0.4, 0.5) is 0 Å². The minimum absolute atomic E-state index is 0.00639. The van der Waals surface area contributed by atoms with E-state index in [-0.39, 0.29) is 11.8 Å². The topological polar surface area (TPSA) is 72.2 Å². The Labute approximate surface area is 124 Å². The summed E-state index contributed by atoms with van der Waals surface area (Å²) in [7, 11) is 0. The van der Waals surface area contributed by atoms with E-state index in [1.165, 1.54) is 0 Å². The van der Waals surface area contributed by atoms with Crippen LogP contribution in [0.25, 0.3) is 10.8 Å². The molecule has 2 rings (SSSR count). The van der Waals surface area contributed by atoms with Crippen molar-refractivity contribution in [3.63, 3.8) is 0 Å². The molecule has 0 radical (unpaired) electrons. The molecule has 110 valence electrons. The summed E-state index contributed by atoms with van der Waals surface area (Å²) in [6, 6.07) is 12.6. The predicted molar refractivity (Wildman–Crippen MR) is 83.9 cm³/mol. The van der Waals surface area contributed by atoms with E-state index in [4.69, 9.17) is 5.73 Å².